The van der Waals surface area contributed by atoms with Crippen LogP contribution in [0.25, 0.3) is 0 Å². The predicted molar refractivity (Wildman–Crippen MR) is 86.8 cm³/mol. The van der Waals surface area contributed by atoms with Gasteiger partial charge in [-0.25, -0.2) is 4.79 Å². The van der Waals surface area contributed by atoms with E-state index in [1.807, 2.05) is 0 Å². The lowest BCUT2D eigenvalue weighted by Crippen LogP contribution is -2.39. The molecule has 9 heteroatoms. The van der Waals surface area contributed by atoms with Gasteiger partial charge in [-0.2, -0.15) is 0 Å². The zero-order chi connectivity index (χ0) is 18.6. The summed E-state index contributed by atoms with van der Waals surface area (Å²) in [6.45, 7) is 1.71. The Kier molecular flexibility index (Phi) is 5.68. The summed E-state index contributed by atoms with van der Waals surface area (Å²) in [5.74, 6) is -1.73. The zero-order valence-corrected chi connectivity index (χ0v) is 13.7. The van der Waals surface area contributed by atoms with Gasteiger partial charge < -0.3 is 15.8 Å². The number of benzene rings is 1. The molecule has 1 aromatic rings. The zero-order valence-electron chi connectivity index (χ0n) is 13.7. The number of nitrogens with two attached hydrogens (primary N) is 1. The van der Waals surface area contributed by atoms with E-state index in [4.69, 9.17) is 10.5 Å². The van der Waals surface area contributed by atoms with Crippen molar-refractivity contribution in [1.29, 1.82) is 0 Å². The van der Waals surface area contributed by atoms with Gasteiger partial charge in [0.2, 0.25) is 5.91 Å². The fraction of sp³-hybridized carbons (Fsp3) is 0.438. The van der Waals surface area contributed by atoms with Crippen molar-refractivity contribution in [2.45, 2.75) is 32.2 Å². The van der Waals surface area contributed by atoms with Crippen LogP contribution in [0.15, 0.2) is 18.2 Å². The monoisotopic (exact) mass is 349 g/mol. The van der Waals surface area contributed by atoms with E-state index in [2.05, 4.69) is 5.32 Å². The van der Waals surface area contributed by atoms with E-state index in [1.54, 1.807) is 6.92 Å². The van der Waals surface area contributed by atoms with Crippen LogP contribution in [0.5, 0.6) is 0 Å². The first-order valence-corrected chi connectivity index (χ1v) is 7.87. The number of amides is 2. The van der Waals surface area contributed by atoms with Gasteiger partial charge in [0.15, 0.2) is 0 Å². The number of esters is 1. The Hall–Kier alpha value is -2.97. The second-order valence-electron chi connectivity index (χ2n) is 5.83. The van der Waals surface area contributed by atoms with Gasteiger partial charge >= 0.3 is 5.97 Å². The first kappa shape index (κ1) is 18.4. The van der Waals surface area contributed by atoms with Crippen molar-refractivity contribution >= 4 is 23.5 Å². The quantitative estimate of drug-likeness (QED) is 0.410. The fourth-order valence-corrected chi connectivity index (χ4v) is 2.48. The molecule has 2 rings (SSSR count). The van der Waals surface area contributed by atoms with Crippen molar-refractivity contribution in [1.82, 2.24) is 5.32 Å². The van der Waals surface area contributed by atoms with E-state index in [-0.39, 0.29) is 30.1 Å². The summed E-state index contributed by atoms with van der Waals surface area (Å²) in [6, 6.07) is 2.94. The molecule has 1 aromatic carbocycles. The van der Waals surface area contributed by atoms with Crippen LogP contribution in [0, 0.1) is 16.0 Å². The van der Waals surface area contributed by atoms with Gasteiger partial charge in [0, 0.05) is 30.2 Å². The van der Waals surface area contributed by atoms with Crippen molar-refractivity contribution in [3.63, 3.8) is 0 Å². The second-order valence-corrected chi connectivity index (χ2v) is 5.83. The smallest absolute Gasteiger partial charge is 0.338 e. The lowest BCUT2D eigenvalue weighted by atomic mass is 10.1. The number of nitrogens with one attached hydrogen (secondary N) is 1. The molecule has 3 N–H and O–H groups in total. The molecule has 0 heterocycles. The maximum absolute atomic E-state index is 12.4. The van der Waals surface area contributed by atoms with Gasteiger partial charge in [-0.3, -0.25) is 19.7 Å². The molecule has 0 aliphatic heterocycles. The summed E-state index contributed by atoms with van der Waals surface area (Å²) in [6.07, 6.45) is 1.75. The number of hydrogen-bond donors (Lipinski definition) is 2. The molecule has 0 spiro atoms. The number of hydrogen-bond acceptors (Lipinski definition) is 6. The van der Waals surface area contributed by atoms with Gasteiger partial charge in [-0.15, -0.1) is 0 Å². The summed E-state index contributed by atoms with van der Waals surface area (Å²) in [7, 11) is 0. The van der Waals surface area contributed by atoms with E-state index in [0.717, 1.165) is 25.0 Å². The minimum atomic E-state index is -0.754. The van der Waals surface area contributed by atoms with Crippen molar-refractivity contribution in [3.05, 3.63) is 39.4 Å². The van der Waals surface area contributed by atoms with Crippen molar-refractivity contribution < 1.29 is 24.0 Å². The van der Waals surface area contributed by atoms with Crippen LogP contribution >= 0.6 is 0 Å². The molecule has 0 radical (unpaired) electrons. The number of non-ortho nitro benzene ring substituents is 1. The third kappa shape index (κ3) is 5.00. The minimum absolute atomic E-state index is 0.00390. The third-order valence-electron chi connectivity index (χ3n) is 3.83. The Morgan fingerprint density at radius 2 is 1.96 bits per heavy atom. The maximum Gasteiger partial charge on any atom is 0.338 e. The largest absolute Gasteiger partial charge is 0.462 e. The fourth-order valence-electron chi connectivity index (χ4n) is 2.48. The van der Waals surface area contributed by atoms with Crippen molar-refractivity contribution in [3.8, 4) is 0 Å². The Balaban J connectivity index is 2.26. The van der Waals surface area contributed by atoms with Crippen LogP contribution < -0.4 is 11.1 Å². The van der Waals surface area contributed by atoms with Gasteiger partial charge in [0.05, 0.1) is 17.1 Å². The van der Waals surface area contributed by atoms with Gasteiger partial charge in [-0.1, -0.05) is 0 Å². The summed E-state index contributed by atoms with van der Waals surface area (Å²) < 4.78 is 4.82. The normalized spacial score (nSPS) is 14.4. The highest BCUT2D eigenvalue weighted by atomic mass is 16.6. The molecular formula is C16H19N3O6. The van der Waals surface area contributed by atoms with E-state index in [0.29, 0.717) is 0 Å². The van der Waals surface area contributed by atoms with Crippen molar-refractivity contribution in [2.75, 3.05) is 6.61 Å². The molecule has 1 saturated carbocycles. The standard InChI is InChI=1S/C16H19N3O6/c1-2-25-16(22)11-5-10(6-12(7-11)19(23)24)15(21)18-13(8-14(17)20)9-3-4-9/h5-7,9,13H,2-4,8H2,1H3,(H2,17,20)(H,18,21). The summed E-state index contributed by atoms with van der Waals surface area (Å²) in [4.78, 5) is 45.8. The number of nitro groups is 1. The number of primary amides is 1. The third-order valence-corrected chi connectivity index (χ3v) is 3.83. The molecular weight excluding hydrogens is 330 g/mol. The lowest BCUT2D eigenvalue weighted by molar-refractivity contribution is -0.384. The van der Waals surface area contributed by atoms with Crippen molar-refractivity contribution in [2.24, 2.45) is 11.7 Å². The number of nitrogens with zero attached hydrogens (tertiary/aromatic N) is 1. The molecule has 1 aliphatic carbocycles. The van der Waals surface area contributed by atoms with Crippen LogP contribution in [0.1, 0.15) is 46.9 Å². The summed E-state index contributed by atoms with van der Waals surface area (Å²) in [5.41, 5.74) is 4.67. The Labute approximate surface area is 143 Å². The number of carbonyl (C=O) groups excluding carboxylic acids is 3. The number of nitro benzene ring substituents is 1. The maximum atomic E-state index is 12.4. The molecule has 0 aromatic heterocycles. The van der Waals surface area contributed by atoms with Gasteiger partial charge in [0.25, 0.3) is 11.6 Å². The van der Waals surface area contributed by atoms with Crippen LogP contribution in [0.4, 0.5) is 5.69 Å². The Morgan fingerprint density at radius 3 is 2.48 bits per heavy atom. The SMILES string of the molecule is CCOC(=O)c1cc(C(=O)NC(CC(N)=O)C2CC2)cc([N+](=O)[O-])c1. The molecule has 1 aliphatic rings. The second kappa shape index (κ2) is 7.73. The molecule has 1 unspecified atom stereocenters. The Bertz CT molecular complexity index is 714. The first-order valence-electron chi connectivity index (χ1n) is 7.87. The van der Waals surface area contributed by atoms with E-state index in [1.165, 1.54) is 6.07 Å². The predicted octanol–water partition coefficient (Wildman–Crippen LogP) is 1.16. The molecule has 0 saturated heterocycles. The molecule has 25 heavy (non-hydrogen) atoms. The van der Waals surface area contributed by atoms with Gasteiger partial charge in [0.1, 0.15) is 0 Å². The average Bonchev–Trinajstić information content (AvgIpc) is 3.38. The number of carbonyl (C=O) groups is 3. The highest BCUT2D eigenvalue weighted by molar-refractivity contribution is 5.99. The van der Waals surface area contributed by atoms with Crippen LogP contribution in [-0.2, 0) is 9.53 Å². The number of ether oxygens (including phenoxy) is 1. The molecule has 2 amide bonds. The highest BCUT2D eigenvalue weighted by Crippen LogP contribution is 2.34. The lowest BCUT2D eigenvalue weighted by Gasteiger charge is -2.17. The highest BCUT2D eigenvalue weighted by Gasteiger charge is 2.33. The topological polar surface area (TPSA) is 142 Å². The summed E-state index contributed by atoms with van der Waals surface area (Å²) >= 11 is 0. The summed E-state index contributed by atoms with van der Waals surface area (Å²) in [5, 5.41) is 13.7. The molecule has 0 bridgehead atoms. The molecule has 1 atom stereocenters. The minimum Gasteiger partial charge on any atom is -0.462 e. The van der Waals surface area contributed by atoms with E-state index in [9.17, 15) is 24.5 Å². The first-order chi connectivity index (χ1) is 11.8. The average molecular weight is 349 g/mol. The van der Waals surface area contributed by atoms with E-state index >= 15 is 0 Å². The van der Waals surface area contributed by atoms with E-state index < -0.39 is 34.4 Å². The van der Waals surface area contributed by atoms with Gasteiger partial charge in [-0.05, 0) is 31.7 Å². The Morgan fingerprint density at radius 1 is 1.32 bits per heavy atom. The molecule has 9 nitrogen and oxygen atoms in total. The number of rotatable bonds is 8. The van der Waals surface area contributed by atoms with Crippen LogP contribution in [-0.4, -0.2) is 35.4 Å². The molecule has 1 fully saturated rings. The van der Waals surface area contributed by atoms with Crippen LogP contribution in [0.2, 0.25) is 0 Å². The van der Waals surface area contributed by atoms with Crippen LogP contribution in [0.3, 0.4) is 0 Å². The molecule has 134 valence electrons.